The van der Waals surface area contributed by atoms with Crippen molar-refractivity contribution in [2.24, 2.45) is 5.10 Å². The summed E-state index contributed by atoms with van der Waals surface area (Å²) < 4.78 is 0. The third-order valence-electron chi connectivity index (χ3n) is 5.54. The van der Waals surface area contributed by atoms with Crippen LogP contribution in [0.2, 0.25) is 0 Å². The molecule has 0 bridgehead atoms. The summed E-state index contributed by atoms with van der Waals surface area (Å²) in [6.07, 6.45) is 2.15. The van der Waals surface area contributed by atoms with Crippen molar-refractivity contribution in [3.63, 3.8) is 0 Å². The van der Waals surface area contributed by atoms with Gasteiger partial charge in [-0.15, -0.1) is 22.7 Å². The Hall–Kier alpha value is -2.97. The zero-order valence-electron chi connectivity index (χ0n) is 16.9. The number of anilines is 2. The molecular formula is C23H22N4O2S2. The minimum Gasteiger partial charge on any atom is -0.374 e. The van der Waals surface area contributed by atoms with Gasteiger partial charge in [-0.1, -0.05) is 24.3 Å². The van der Waals surface area contributed by atoms with E-state index in [0.717, 1.165) is 33.3 Å². The minimum absolute atomic E-state index is 0.0817. The molecule has 0 aliphatic carbocycles. The van der Waals surface area contributed by atoms with E-state index in [2.05, 4.69) is 11.4 Å². The molecule has 31 heavy (non-hydrogen) atoms. The van der Waals surface area contributed by atoms with E-state index in [1.807, 2.05) is 53.2 Å². The van der Waals surface area contributed by atoms with Crippen LogP contribution < -0.4 is 10.2 Å². The molecule has 0 unspecified atom stereocenters. The number of para-hydroxylation sites is 2. The molecule has 1 saturated heterocycles. The highest BCUT2D eigenvalue weighted by atomic mass is 32.1. The Morgan fingerprint density at radius 1 is 1.10 bits per heavy atom. The molecular weight excluding hydrogens is 428 g/mol. The van der Waals surface area contributed by atoms with E-state index in [1.165, 1.54) is 0 Å². The summed E-state index contributed by atoms with van der Waals surface area (Å²) in [6.45, 7) is 0.828. The second-order valence-electron chi connectivity index (χ2n) is 7.52. The van der Waals surface area contributed by atoms with E-state index in [0.29, 0.717) is 19.4 Å². The van der Waals surface area contributed by atoms with Crippen LogP contribution in [0.3, 0.4) is 0 Å². The zero-order chi connectivity index (χ0) is 21.2. The lowest BCUT2D eigenvalue weighted by atomic mass is 10.1. The Bertz CT molecular complexity index is 1110. The van der Waals surface area contributed by atoms with Crippen molar-refractivity contribution in [1.29, 1.82) is 0 Å². The quantitative estimate of drug-likeness (QED) is 0.591. The fourth-order valence-electron chi connectivity index (χ4n) is 4.05. The number of rotatable bonds is 6. The predicted molar refractivity (Wildman–Crippen MR) is 126 cm³/mol. The molecule has 1 aromatic carbocycles. The lowest BCUT2D eigenvalue weighted by Crippen LogP contribution is -2.32. The molecule has 2 aliphatic heterocycles. The Balaban J connectivity index is 1.35. The van der Waals surface area contributed by atoms with Gasteiger partial charge >= 0.3 is 0 Å². The van der Waals surface area contributed by atoms with Gasteiger partial charge in [-0.25, -0.2) is 5.01 Å². The molecule has 2 amide bonds. The number of thiophene rings is 2. The molecule has 158 valence electrons. The number of amides is 2. The predicted octanol–water partition coefficient (Wildman–Crippen LogP) is 4.73. The van der Waals surface area contributed by atoms with E-state index in [9.17, 15) is 9.59 Å². The Labute approximate surface area is 188 Å². The van der Waals surface area contributed by atoms with Gasteiger partial charge in [0.05, 0.1) is 34.6 Å². The highest BCUT2D eigenvalue weighted by Crippen LogP contribution is 2.36. The monoisotopic (exact) mass is 450 g/mol. The van der Waals surface area contributed by atoms with Gasteiger partial charge in [0.2, 0.25) is 5.91 Å². The Morgan fingerprint density at radius 3 is 2.68 bits per heavy atom. The van der Waals surface area contributed by atoms with E-state index < -0.39 is 0 Å². The third kappa shape index (κ3) is 4.00. The second-order valence-corrected chi connectivity index (χ2v) is 9.44. The summed E-state index contributed by atoms with van der Waals surface area (Å²) in [5.74, 6) is 0.0376. The van der Waals surface area contributed by atoms with Crippen LogP contribution in [-0.2, 0) is 9.59 Å². The first kappa shape index (κ1) is 20.0. The van der Waals surface area contributed by atoms with Crippen LogP contribution in [0.25, 0.3) is 0 Å². The molecule has 6 nitrogen and oxygen atoms in total. The minimum atomic E-state index is -0.0903. The van der Waals surface area contributed by atoms with Crippen LogP contribution in [0, 0.1) is 0 Å². The number of hydrogen-bond acceptors (Lipinski definition) is 6. The largest absolute Gasteiger partial charge is 0.374 e. The standard InChI is InChI=1S/C23H22N4O2S2/c28-22-10-3-11-26(22)18-7-2-1-6-16(18)24-15-23(29)27-19(21-9-5-13-31-21)14-17(25-27)20-8-4-12-30-20/h1-2,4-9,12-13,19,24H,3,10-11,14-15H2/t19-/m1/s1. The van der Waals surface area contributed by atoms with Crippen LogP contribution in [0.1, 0.15) is 35.1 Å². The first-order valence-corrected chi connectivity index (χ1v) is 12.1. The van der Waals surface area contributed by atoms with Gasteiger partial charge in [0.1, 0.15) is 0 Å². The van der Waals surface area contributed by atoms with Crippen molar-refractivity contribution in [3.05, 3.63) is 69.0 Å². The van der Waals surface area contributed by atoms with E-state index >= 15 is 0 Å². The van der Waals surface area contributed by atoms with Crippen molar-refractivity contribution in [1.82, 2.24) is 5.01 Å². The van der Waals surface area contributed by atoms with Crippen molar-refractivity contribution in [3.8, 4) is 0 Å². The van der Waals surface area contributed by atoms with Gasteiger partial charge in [0.15, 0.2) is 0 Å². The summed E-state index contributed by atoms with van der Waals surface area (Å²) in [5, 5.41) is 13.6. The van der Waals surface area contributed by atoms with Crippen molar-refractivity contribution >= 4 is 51.6 Å². The number of nitrogens with zero attached hydrogens (tertiary/aromatic N) is 3. The van der Waals surface area contributed by atoms with Gasteiger partial charge in [-0.3, -0.25) is 9.59 Å². The van der Waals surface area contributed by atoms with Crippen molar-refractivity contribution < 1.29 is 9.59 Å². The smallest absolute Gasteiger partial charge is 0.262 e. The first-order chi connectivity index (χ1) is 15.2. The molecule has 0 saturated carbocycles. The number of hydrazone groups is 1. The van der Waals surface area contributed by atoms with Gasteiger partial charge in [-0.2, -0.15) is 5.10 Å². The molecule has 4 heterocycles. The molecule has 2 aromatic heterocycles. The van der Waals surface area contributed by atoms with Gasteiger partial charge in [-0.05, 0) is 41.4 Å². The summed E-state index contributed by atoms with van der Waals surface area (Å²) in [7, 11) is 0. The molecule has 0 radical (unpaired) electrons. The van der Waals surface area contributed by atoms with E-state index in [-0.39, 0.29) is 24.4 Å². The number of nitrogens with one attached hydrogen (secondary N) is 1. The highest BCUT2D eigenvalue weighted by Gasteiger charge is 2.34. The third-order valence-corrected chi connectivity index (χ3v) is 7.43. The summed E-state index contributed by atoms with van der Waals surface area (Å²) in [6, 6.07) is 15.7. The van der Waals surface area contributed by atoms with Gasteiger partial charge in [0, 0.05) is 24.3 Å². The van der Waals surface area contributed by atoms with Crippen LogP contribution in [0.5, 0.6) is 0 Å². The zero-order valence-corrected chi connectivity index (χ0v) is 18.5. The van der Waals surface area contributed by atoms with Crippen LogP contribution in [-0.4, -0.2) is 35.6 Å². The SMILES string of the molecule is O=C1CCCN1c1ccccc1NCC(=O)N1N=C(c2cccs2)C[C@@H]1c1cccs1. The number of hydrogen-bond donors (Lipinski definition) is 1. The second kappa shape index (κ2) is 8.64. The maximum Gasteiger partial charge on any atom is 0.262 e. The molecule has 5 rings (SSSR count). The molecule has 1 N–H and O–H groups in total. The average Bonchev–Trinajstić information content (AvgIpc) is 3.58. The molecule has 1 atom stereocenters. The summed E-state index contributed by atoms with van der Waals surface area (Å²) in [4.78, 5) is 29.5. The summed E-state index contributed by atoms with van der Waals surface area (Å²) >= 11 is 3.29. The number of carbonyl (C=O) groups is 2. The van der Waals surface area contributed by atoms with Gasteiger partial charge < -0.3 is 10.2 Å². The summed E-state index contributed by atoms with van der Waals surface area (Å²) in [5.41, 5.74) is 2.57. The fourth-order valence-corrected chi connectivity index (χ4v) is 5.58. The van der Waals surface area contributed by atoms with Crippen LogP contribution >= 0.6 is 22.7 Å². The maximum absolute atomic E-state index is 13.2. The van der Waals surface area contributed by atoms with Gasteiger partial charge in [0.25, 0.3) is 5.91 Å². The molecule has 0 spiro atoms. The number of benzene rings is 1. The van der Waals surface area contributed by atoms with Crippen LogP contribution in [0.4, 0.5) is 11.4 Å². The highest BCUT2D eigenvalue weighted by molar-refractivity contribution is 7.12. The molecule has 8 heteroatoms. The Morgan fingerprint density at radius 2 is 1.94 bits per heavy atom. The molecule has 1 fully saturated rings. The topological polar surface area (TPSA) is 65.0 Å². The van der Waals surface area contributed by atoms with E-state index in [1.54, 1.807) is 32.6 Å². The normalized spacial score (nSPS) is 18.5. The van der Waals surface area contributed by atoms with Crippen LogP contribution in [0.15, 0.2) is 64.4 Å². The number of carbonyl (C=O) groups excluding carboxylic acids is 2. The lowest BCUT2D eigenvalue weighted by molar-refractivity contribution is -0.131. The van der Waals surface area contributed by atoms with E-state index in [4.69, 9.17) is 5.10 Å². The maximum atomic E-state index is 13.2. The molecule has 2 aliphatic rings. The van der Waals surface area contributed by atoms with Crippen molar-refractivity contribution in [2.45, 2.75) is 25.3 Å². The molecule has 3 aromatic rings. The fraction of sp³-hybridized carbons (Fsp3) is 0.261. The van der Waals surface area contributed by atoms with Crippen molar-refractivity contribution in [2.75, 3.05) is 23.3 Å². The Kier molecular flexibility index (Phi) is 5.57. The lowest BCUT2D eigenvalue weighted by Gasteiger charge is -2.23. The average molecular weight is 451 g/mol. The first-order valence-electron chi connectivity index (χ1n) is 10.3.